The first-order chi connectivity index (χ1) is 11.8. The van der Waals surface area contributed by atoms with E-state index in [-0.39, 0.29) is 18.3 Å². The highest BCUT2D eigenvalue weighted by Gasteiger charge is 2.25. The van der Waals surface area contributed by atoms with Gasteiger partial charge in [-0.2, -0.15) is 0 Å². The highest BCUT2D eigenvalue weighted by atomic mass is 79.9. The number of benzene rings is 1. The molecule has 2 rings (SSSR count). The number of anilines is 1. The number of carbonyl (C=O) groups excluding carboxylic acids is 2. The Morgan fingerprint density at radius 2 is 2.04 bits per heavy atom. The third-order valence-corrected chi connectivity index (χ3v) is 4.24. The van der Waals surface area contributed by atoms with Crippen molar-refractivity contribution in [2.45, 2.75) is 19.5 Å². The molecule has 1 aromatic heterocycles. The number of aldehydes is 1. The van der Waals surface area contributed by atoms with Gasteiger partial charge in [-0.3, -0.25) is 4.79 Å². The Labute approximate surface area is 155 Å². The molecule has 0 aliphatic carbocycles. The van der Waals surface area contributed by atoms with Crippen molar-refractivity contribution < 1.29 is 14.7 Å². The Kier molecular flexibility index (Phi) is 6.14. The maximum atomic E-state index is 13.1. The summed E-state index contributed by atoms with van der Waals surface area (Å²) in [5, 5.41) is 9.53. The minimum absolute atomic E-state index is 0.121. The van der Waals surface area contributed by atoms with Crippen LogP contribution in [0.15, 0.2) is 40.9 Å². The first-order valence-corrected chi connectivity index (χ1v) is 8.50. The number of carbonyl (C=O) groups is 2. The molecule has 1 heterocycles. The summed E-state index contributed by atoms with van der Waals surface area (Å²) in [7, 11) is 3.70. The van der Waals surface area contributed by atoms with Crippen molar-refractivity contribution in [3.05, 3.63) is 52.1 Å². The van der Waals surface area contributed by atoms with E-state index in [9.17, 15) is 14.7 Å². The van der Waals surface area contributed by atoms with Crippen molar-refractivity contribution in [1.82, 2.24) is 9.88 Å². The third-order valence-electron chi connectivity index (χ3n) is 3.75. The van der Waals surface area contributed by atoms with Gasteiger partial charge in [-0.25, -0.2) is 4.98 Å². The quantitative estimate of drug-likeness (QED) is 0.747. The molecular formula is C18H20BrN3O3. The molecule has 0 aliphatic rings. The Morgan fingerprint density at radius 1 is 1.32 bits per heavy atom. The van der Waals surface area contributed by atoms with Gasteiger partial charge in [0.2, 0.25) is 5.88 Å². The molecule has 1 aromatic carbocycles. The lowest BCUT2D eigenvalue weighted by atomic mass is 10.1. The maximum absolute atomic E-state index is 13.1. The van der Waals surface area contributed by atoms with Crippen LogP contribution in [0, 0.1) is 0 Å². The monoisotopic (exact) mass is 405 g/mol. The molecule has 1 N–H and O–H groups in total. The SMILES string of the molecule is C[C@H](C=O)N(Cc1cccc(O)n1)C(=O)c1ccc(Br)cc1N(C)C. The molecule has 132 valence electrons. The molecule has 0 spiro atoms. The number of hydrogen-bond acceptors (Lipinski definition) is 5. The Hall–Kier alpha value is -2.41. The van der Waals surface area contributed by atoms with Crippen LogP contribution in [0.4, 0.5) is 5.69 Å². The zero-order valence-electron chi connectivity index (χ0n) is 14.3. The smallest absolute Gasteiger partial charge is 0.256 e. The van der Waals surface area contributed by atoms with E-state index >= 15 is 0 Å². The van der Waals surface area contributed by atoms with Crippen molar-refractivity contribution in [1.29, 1.82) is 0 Å². The predicted octanol–water partition coefficient (Wildman–Crippen LogP) is 2.85. The normalized spacial score (nSPS) is 11.7. The van der Waals surface area contributed by atoms with Gasteiger partial charge >= 0.3 is 0 Å². The number of rotatable bonds is 6. The van der Waals surface area contributed by atoms with E-state index in [1.165, 1.54) is 11.0 Å². The van der Waals surface area contributed by atoms with Gasteiger partial charge in [-0.1, -0.05) is 22.0 Å². The van der Waals surface area contributed by atoms with E-state index in [0.29, 0.717) is 11.3 Å². The van der Waals surface area contributed by atoms with Crippen LogP contribution < -0.4 is 4.90 Å². The van der Waals surface area contributed by atoms with Crippen molar-refractivity contribution in [2.75, 3.05) is 19.0 Å². The minimum atomic E-state index is -0.629. The van der Waals surface area contributed by atoms with Crippen LogP contribution in [0.25, 0.3) is 0 Å². The lowest BCUT2D eigenvalue weighted by Crippen LogP contribution is -2.39. The molecule has 0 fully saturated rings. The Bertz CT molecular complexity index is 780. The van der Waals surface area contributed by atoms with Crippen LogP contribution in [0.3, 0.4) is 0 Å². The van der Waals surface area contributed by atoms with Gasteiger partial charge in [0, 0.05) is 24.6 Å². The molecule has 2 aromatic rings. The van der Waals surface area contributed by atoms with Gasteiger partial charge in [0.15, 0.2) is 0 Å². The third kappa shape index (κ3) is 4.57. The second kappa shape index (κ2) is 8.11. The molecule has 1 amide bonds. The Balaban J connectivity index is 2.41. The molecule has 0 radical (unpaired) electrons. The van der Waals surface area contributed by atoms with Crippen molar-refractivity contribution >= 4 is 33.8 Å². The van der Waals surface area contributed by atoms with Crippen LogP contribution in [0.5, 0.6) is 5.88 Å². The summed E-state index contributed by atoms with van der Waals surface area (Å²) in [4.78, 5) is 31.7. The average molecular weight is 406 g/mol. The summed E-state index contributed by atoms with van der Waals surface area (Å²) in [6.45, 7) is 1.78. The highest BCUT2D eigenvalue weighted by molar-refractivity contribution is 9.10. The number of nitrogens with zero attached hydrogens (tertiary/aromatic N) is 3. The van der Waals surface area contributed by atoms with E-state index in [1.54, 1.807) is 31.2 Å². The van der Waals surface area contributed by atoms with Gasteiger partial charge in [0.05, 0.1) is 29.5 Å². The molecule has 25 heavy (non-hydrogen) atoms. The molecular weight excluding hydrogens is 386 g/mol. The van der Waals surface area contributed by atoms with Crippen LogP contribution in [-0.2, 0) is 11.3 Å². The number of hydrogen-bond donors (Lipinski definition) is 1. The minimum Gasteiger partial charge on any atom is -0.493 e. The van der Waals surface area contributed by atoms with Crippen molar-refractivity contribution in [3.8, 4) is 5.88 Å². The molecule has 1 atom stereocenters. The summed E-state index contributed by atoms with van der Waals surface area (Å²) in [5.41, 5.74) is 1.74. The first-order valence-electron chi connectivity index (χ1n) is 7.71. The number of halogens is 1. The standard InChI is InChI=1S/C18H20BrN3O3/c1-12(11-23)22(10-14-5-4-6-17(24)20-14)18(25)15-8-7-13(19)9-16(15)21(2)3/h4-9,11-12H,10H2,1-3H3,(H,20,24)/t12-/m1/s1. The number of aromatic nitrogens is 1. The predicted molar refractivity (Wildman–Crippen MR) is 99.8 cm³/mol. The van der Waals surface area contributed by atoms with E-state index in [1.807, 2.05) is 25.1 Å². The average Bonchev–Trinajstić information content (AvgIpc) is 2.58. The summed E-state index contributed by atoms with van der Waals surface area (Å²) < 4.78 is 0.859. The lowest BCUT2D eigenvalue weighted by molar-refractivity contribution is -0.111. The number of aromatic hydroxyl groups is 1. The molecule has 0 saturated heterocycles. The summed E-state index contributed by atoms with van der Waals surface area (Å²) in [5.74, 6) is -0.401. The van der Waals surface area contributed by atoms with Gasteiger partial charge in [-0.05, 0) is 31.2 Å². The summed E-state index contributed by atoms with van der Waals surface area (Å²) >= 11 is 3.41. The molecule has 0 aliphatic heterocycles. The molecule has 0 unspecified atom stereocenters. The number of amides is 1. The largest absolute Gasteiger partial charge is 0.493 e. The van der Waals surface area contributed by atoms with E-state index in [0.717, 1.165) is 16.4 Å². The van der Waals surface area contributed by atoms with Crippen LogP contribution in [-0.4, -0.2) is 47.3 Å². The molecule has 0 saturated carbocycles. The summed E-state index contributed by atoms with van der Waals surface area (Å²) in [6, 6.07) is 9.54. The van der Waals surface area contributed by atoms with Gasteiger partial charge in [0.1, 0.15) is 6.29 Å². The molecule has 6 nitrogen and oxygen atoms in total. The van der Waals surface area contributed by atoms with Gasteiger partial charge < -0.3 is 19.7 Å². The van der Waals surface area contributed by atoms with Crippen molar-refractivity contribution in [3.63, 3.8) is 0 Å². The second-order valence-corrected chi connectivity index (χ2v) is 6.77. The van der Waals surface area contributed by atoms with E-state index in [4.69, 9.17) is 0 Å². The topological polar surface area (TPSA) is 73.7 Å². The van der Waals surface area contributed by atoms with Crippen LogP contribution in [0.2, 0.25) is 0 Å². The molecule has 0 bridgehead atoms. The fraction of sp³-hybridized carbons (Fsp3) is 0.278. The Morgan fingerprint density at radius 3 is 2.64 bits per heavy atom. The van der Waals surface area contributed by atoms with Gasteiger partial charge in [0.25, 0.3) is 5.91 Å². The van der Waals surface area contributed by atoms with E-state index < -0.39 is 6.04 Å². The number of pyridine rings is 1. The highest BCUT2D eigenvalue weighted by Crippen LogP contribution is 2.26. The zero-order valence-corrected chi connectivity index (χ0v) is 15.9. The zero-order chi connectivity index (χ0) is 18.6. The van der Waals surface area contributed by atoms with E-state index in [2.05, 4.69) is 20.9 Å². The maximum Gasteiger partial charge on any atom is 0.256 e. The fourth-order valence-electron chi connectivity index (χ4n) is 2.41. The fourth-order valence-corrected chi connectivity index (χ4v) is 2.76. The second-order valence-electron chi connectivity index (χ2n) is 5.85. The van der Waals surface area contributed by atoms with Crippen LogP contribution >= 0.6 is 15.9 Å². The van der Waals surface area contributed by atoms with Crippen LogP contribution in [0.1, 0.15) is 23.0 Å². The van der Waals surface area contributed by atoms with Gasteiger partial charge in [-0.15, -0.1) is 0 Å². The first kappa shape index (κ1) is 18.9. The van der Waals surface area contributed by atoms with Crippen molar-refractivity contribution in [2.24, 2.45) is 0 Å². The summed E-state index contributed by atoms with van der Waals surface area (Å²) in [6.07, 6.45) is 0.717. The lowest BCUT2D eigenvalue weighted by Gasteiger charge is -2.27. The molecule has 7 heteroatoms.